The van der Waals surface area contributed by atoms with E-state index in [1.807, 2.05) is 6.92 Å². The molecule has 0 saturated heterocycles. The molecule has 1 unspecified atom stereocenters. The number of carbonyl (C=O) groups is 1. The van der Waals surface area contributed by atoms with E-state index in [1.54, 1.807) is 0 Å². The summed E-state index contributed by atoms with van der Waals surface area (Å²) >= 11 is 4.10. The van der Waals surface area contributed by atoms with Gasteiger partial charge in [0.05, 0.1) is 0 Å². The molecule has 0 aromatic heterocycles. The van der Waals surface area contributed by atoms with Crippen molar-refractivity contribution in [3.8, 4) is 0 Å². The maximum Gasteiger partial charge on any atom is 0.306 e. The van der Waals surface area contributed by atoms with Gasteiger partial charge >= 0.3 is 5.97 Å². The monoisotopic (exact) mass is 204 g/mol. The summed E-state index contributed by atoms with van der Waals surface area (Å²) in [6, 6.07) is 0. The normalized spacial score (nSPS) is 12.5. The van der Waals surface area contributed by atoms with Crippen LogP contribution >= 0.6 is 12.6 Å². The van der Waals surface area contributed by atoms with Crippen LogP contribution in [0, 0.1) is 0 Å². The van der Waals surface area contributed by atoms with E-state index in [9.17, 15) is 4.79 Å². The van der Waals surface area contributed by atoms with Crippen molar-refractivity contribution in [3.63, 3.8) is 0 Å². The zero-order chi connectivity index (χ0) is 10.1. The van der Waals surface area contributed by atoms with Gasteiger partial charge in [-0.15, -0.1) is 0 Å². The molecule has 1 atom stereocenters. The molecular formula is C10H20O2S. The molecule has 0 amide bonds. The van der Waals surface area contributed by atoms with E-state index in [2.05, 4.69) is 19.6 Å². The smallest absolute Gasteiger partial charge is 0.306 e. The van der Waals surface area contributed by atoms with Gasteiger partial charge in [0, 0.05) is 12.2 Å². The molecule has 78 valence electrons. The largest absolute Gasteiger partial charge is 0.462 e. The van der Waals surface area contributed by atoms with Crippen LogP contribution in [0.15, 0.2) is 0 Å². The predicted molar refractivity (Wildman–Crippen MR) is 58.2 cm³/mol. The van der Waals surface area contributed by atoms with Crippen molar-refractivity contribution >= 4 is 18.6 Å². The molecule has 0 rings (SSSR count). The number of hydrogen-bond donors (Lipinski definition) is 1. The Bertz CT molecular complexity index is 133. The van der Waals surface area contributed by atoms with Gasteiger partial charge < -0.3 is 4.74 Å². The Kier molecular flexibility index (Phi) is 8.30. The van der Waals surface area contributed by atoms with Crippen LogP contribution in [0.25, 0.3) is 0 Å². The molecule has 13 heavy (non-hydrogen) atoms. The van der Waals surface area contributed by atoms with Crippen LogP contribution in [0.4, 0.5) is 0 Å². The maximum absolute atomic E-state index is 11.2. The lowest BCUT2D eigenvalue weighted by molar-refractivity contribution is -0.148. The van der Waals surface area contributed by atoms with E-state index in [1.165, 1.54) is 0 Å². The van der Waals surface area contributed by atoms with Crippen LogP contribution in [-0.2, 0) is 9.53 Å². The van der Waals surface area contributed by atoms with Crippen LogP contribution in [-0.4, -0.2) is 17.8 Å². The molecule has 0 heterocycles. The number of unbranched alkanes of at least 4 members (excludes halogenated alkanes) is 2. The van der Waals surface area contributed by atoms with Crippen LogP contribution < -0.4 is 0 Å². The third kappa shape index (κ3) is 6.94. The maximum atomic E-state index is 11.2. The Morgan fingerprint density at radius 2 is 2.08 bits per heavy atom. The summed E-state index contributed by atoms with van der Waals surface area (Å²) in [5.74, 6) is 0.546. The number of rotatable bonds is 7. The number of esters is 1. The molecule has 3 heteroatoms. The van der Waals surface area contributed by atoms with Crippen LogP contribution in [0.1, 0.15) is 46.0 Å². The van der Waals surface area contributed by atoms with Gasteiger partial charge in [0.1, 0.15) is 6.10 Å². The Balaban J connectivity index is 3.48. The summed E-state index contributed by atoms with van der Waals surface area (Å²) in [5.41, 5.74) is 0. The van der Waals surface area contributed by atoms with Gasteiger partial charge in [0.25, 0.3) is 0 Å². The highest BCUT2D eigenvalue weighted by atomic mass is 32.1. The summed E-state index contributed by atoms with van der Waals surface area (Å²) in [4.78, 5) is 11.2. The molecule has 0 aromatic carbocycles. The third-order valence-corrected chi connectivity index (χ3v) is 2.35. The minimum atomic E-state index is -0.0747. The second-order valence-electron chi connectivity index (χ2n) is 3.16. The lowest BCUT2D eigenvalue weighted by Crippen LogP contribution is -2.18. The molecular weight excluding hydrogens is 184 g/mol. The average Bonchev–Trinajstić information content (AvgIpc) is 2.14. The van der Waals surface area contributed by atoms with Gasteiger partial charge in [-0.3, -0.25) is 4.79 Å². The SMILES string of the molecule is CCCCCC(=O)OC(CC)CS. The zero-order valence-corrected chi connectivity index (χ0v) is 9.48. The van der Waals surface area contributed by atoms with E-state index in [0.717, 1.165) is 25.7 Å². The van der Waals surface area contributed by atoms with Crippen molar-refractivity contribution in [1.82, 2.24) is 0 Å². The third-order valence-electron chi connectivity index (χ3n) is 1.94. The van der Waals surface area contributed by atoms with E-state index >= 15 is 0 Å². The first-order valence-corrected chi connectivity index (χ1v) is 5.68. The first-order valence-electron chi connectivity index (χ1n) is 5.04. The second-order valence-corrected chi connectivity index (χ2v) is 3.52. The van der Waals surface area contributed by atoms with Crippen molar-refractivity contribution in [1.29, 1.82) is 0 Å². The highest BCUT2D eigenvalue weighted by Gasteiger charge is 2.09. The average molecular weight is 204 g/mol. The van der Waals surface area contributed by atoms with E-state index < -0.39 is 0 Å². The topological polar surface area (TPSA) is 26.3 Å². The van der Waals surface area contributed by atoms with Gasteiger partial charge in [0.15, 0.2) is 0 Å². The molecule has 0 spiro atoms. The summed E-state index contributed by atoms with van der Waals surface area (Å²) in [5, 5.41) is 0. The van der Waals surface area contributed by atoms with Crippen molar-refractivity contribution in [2.24, 2.45) is 0 Å². The second kappa shape index (κ2) is 8.42. The van der Waals surface area contributed by atoms with E-state index in [4.69, 9.17) is 4.74 Å². The van der Waals surface area contributed by atoms with Gasteiger partial charge in [-0.25, -0.2) is 0 Å². The Morgan fingerprint density at radius 3 is 2.54 bits per heavy atom. The van der Waals surface area contributed by atoms with Crippen LogP contribution in [0.5, 0.6) is 0 Å². The Labute approximate surface area is 86.5 Å². The van der Waals surface area contributed by atoms with Crippen LogP contribution in [0.2, 0.25) is 0 Å². The molecule has 2 nitrogen and oxygen atoms in total. The molecule has 0 fully saturated rings. The Morgan fingerprint density at radius 1 is 1.38 bits per heavy atom. The van der Waals surface area contributed by atoms with Crippen LogP contribution in [0.3, 0.4) is 0 Å². The number of hydrogen-bond acceptors (Lipinski definition) is 3. The molecule has 0 N–H and O–H groups in total. The molecule has 0 aliphatic carbocycles. The first kappa shape index (κ1) is 12.8. The van der Waals surface area contributed by atoms with Crippen molar-refractivity contribution in [2.75, 3.05) is 5.75 Å². The Hall–Kier alpha value is -0.180. The van der Waals surface area contributed by atoms with E-state index in [-0.39, 0.29) is 12.1 Å². The van der Waals surface area contributed by atoms with Gasteiger partial charge in [-0.05, 0) is 12.8 Å². The summed E-state index contributed by atoms with van der Waals surface area (Å²) in [7, 11) is 0. The lowest BCUT2D eigenvalue weighted by atomic mass is 10.2. The number of ether oxygens (including phenoxy) is 1. The molecule has 0 bridgehead atoms. The highest BCUT2D eigenvalue weighted by molar-refractivity contribution is 7.80. The molecule has 0 saturated carbocycles. The quantitative estimate of drug-likeness (QED) is 0.392. The number of carbonyl (C=O) groups excluding carboxylic acids is 1. The van der Waals surface area contributed by atoms with Gasteiger partial charge in [0.2, 0.25) is 0 Å². The minimum absolute atomic E-state index is 0.00235. The van der Waals surface area contributed by atoms with Crippen molar-refractivity contribution in [2.45, 2.75) is 52.1 Å². The van der Waals surface area contributed by atoms with E-state index in [0.29, 0.717) is 12.2 Å². The summed E-state index contributed by atoms with van der Waals surface area (Å²) in [6.07, 6.45) is 4.58. The molecule has 0 aromatic rings. The standard InChI is InChI=1S/C10H20O2S/c1-3-5-6-7-10(11)12-9(4-2)8-13/h9,13H,3-8H2,1-2H3. The molecule has 0 radical (unpaired) electrons. The fourth-order valence-electron chi connectivity index (χ4n) is 1.01. The minimum Gasteiger partial charge on any atom is -0.462 e. The first-order chi connectivity index (χ1) is 6.24. The summed E-state index contributed by atoms with van der Waals surface area (Å²) < 4.78 is 5.18. The number of thiol groups is 1. The highest BCUT2D eigenvalue weighted by Crippen LogP contribution is 2.05. The van der Waals surface area contributed by atoms with Crippen molar-refractivity contribution in [3.05, 3.63) is 0 Å². The molecule has 0 aliphatic heterocycles. The lowest BCUT2D eigenvalue weighted by Gasteiger charge is -2.13. The summed E-state index contributed by atoms with van der Waals surface area (Å²) in [6.45, 7) is 4.12. The van der Waals surface area contributed by atoms with Crippen molar-refractivity contribution < 1.29 is 9.53 Å². The predicted octanol–water partition coefficient (Wildman–Crippen LogP) is 2.82. The molecule has 0 aliphatic rings. The zero-order valence-electron chi connectivity index (χ0n) is 8.58. The fourth-order valence-corrected chi connectivity index (χ4v) is 1.35. The fraction of sp³-hybridized carbons (Fsp3) is 0.900. The van der Waals surface area contributed by atoms with Gasteiger partial charge in [-0.1, -0.05) is 26.7 Å². The van der Waals surface area contributed by atoms with Gasteiger partial charge in [-0.2, -0.15) is 12.6 Å².